The SMILES string of the molecule is [CH]1CCC1COCc1ccccc1. The van der Waals surface area contributed by atoms with Crippen molar-refractivity contribution in [3.63, 3.8) is 0 Å². The molecule has 1 saturated carbocycles. The van der Waals surface area contributed by atoms with Crippen LogP contribution >= 0.6 is 0 Å². The van der Waals surface area contributed by atoms with E-state index in [2.05, 4.69) is 18.6 Å². The standard InChI is InChI=1S/C12H15O/c1-2-5-11(6-3-1)9-13-10-12-7-4-8-12/h1-3,5-7,12H,4,8-10H2. The molecule has 0 aliphatic heterocycles. The van der Waals surface area contributed by atoms with Gasteiger partial charge in [0.15, 0.2) is 0 Å². The Labute approximate surface area is 79.7 Å². The average Bonchev–Trinajstić information content (AvgIpc) is 2.11. The molecule has 0 saturated heterocycles. The maximum atomic E-state index is 5.59. The highest BCUT2D eigenvalue weighted by atomic mass is 16.5. The van der Waals surface area contributed by atoms with Gasteiger partial charge in [-0.1, -0.05) is 30.3 Å². The number of ether oxygens (including phenoxy) is 1. The van der Waals surface area contributed by atoms with Crippen molar-refractivity contribution in [2.75, 3.05) is 6.61 Å². The Morgan fingerprint density at radius 3 is 2.62 bits per heavy atom. The molecule has 0 aromatic heterocycles. The van der Waals surface area contributed by atoms with E-state index >= 15 is 0 Å². The van der Waals surface area contributed by atoms with Gasteiger partial charge in [-0.05, 0) is 30.7 Å². The highest BCUT2D eigenvalue weighted by Gasteiger charge is 2.17. The predicted octanol–water partition coefficient (Wildman–Crippen LogP) is 2.82. The molecule has 0 bridgehead atoms. The van der Waals surface area contributed by atoms with Crippen molar-refractivity contribution >= 4 is 0 Å². The summed E-state index contributed by atoms with van der Waals surface area (Å²) in [5, 5.41) is 0. The van der Waals surface area contributed by atoms with Crippen molar-refractivity contribution in [2.24, 2.45) is 5.92 Å². The molecule has 1 aromatic rings. The second-order valence-electron chi connectivity index (χ2n) is 3.57. The first-order valence-corrected chi connectivity index (χ1v) is 4.90. The highest BCUT2D eigenvalue weighted by molar-refractivity contribution is 5.13. The molecule has 1 atom stereocenters. The number of rotatable bonds is 4. The first kappa shape index (κ1) is 8.76. The Morgan fingerprint density at radius 2 is 2.00 bits per heavy atom. The first-order chi connectivity index (χ1) is 6.45. The summed E-state index contributed by atoms with van der Waals surface area (Å²) >= 11 is 0. The molecule has 1 nitrogen and oxygen atoms in total. The van der Waals surface area contributed by atoms with Crippen LogP contribution < -0.4 is 0 Å². The lowest BCUT2D eigenvalue weighted by Gasteiger charge is -2.24. The second-order valence-corrected chi connectivity index (χ2v) is 3.57. The number of hydrogen-bond acceptors (Lipinski definition) is 1. The minimum Gasteiger partial charge on any atom is -0.376 e. The Balaban J connectivity index is 1.67. The summed E-state index contributed by atoms with van der Waals surface area (Å²) in [4.78, 5) is 0. The van der Waals surface area contributed by atoms with Crippen LogP contribution in [0.25, 0.3) is 0 Å². The quantitative estimate of drug-likeness (QED) is 0.683. The Morgan fingerprint density at radius 1 is 1.23 bits per heavy atom. The fourth-order valence-corrected chi connectivity index (χ4v) is 1.46. The molecule has 1 aliphatic rings. The van der Waals surface area contributed by atoms with Gasteiger partial charge < -0.3 is 4.74 Å². The van der Waals surface area contributed by atoms with Gasteiger partial charge in [0.25, 0.3) is 0 Å². The fraction of sp³-hybridized carbons (Fsp3) is 0.417. The van der Waals surface area contributed by atoms with Crippen molar-refractivity contribution in [1.29, 1.82) is 0 Å². The van der Waals surface area contributed by atoms with Crippen LogP contribution in [-0.4, -0.2) is 6.61 Å². The molecule has 0 N–H and O–H groups in total. The van der Waals surface area contributed by atoms with E-state index in [1.165, 1.54) is 18.4 Å². The third-order valence-corrected chi connectivity index (χ3v) is 2.48. The zero-order valence-corrected chi connectivity index (χ0v) is 7.78. The van der Waals surface area contributed by atoms with Crippen LogP contribution in [0, 0.1) is 12.3 Å². The van der Waals surface area contributed by atoms with E-state index in [0.29, 0.717) is 0 Å². The van der Waals surface area contributed by atoms with Gasteiger partial charge in [0.2, 0.25) is 0 Å². The predicted molar refractivity (Wildman–Crippen MR) is 53.1 cm³/mol. The van der Waals surface area contributed by atoms with Gasteiger partial charge >= 0.3 is 0 Å². The molecular formula is C12H15O. The summed E-state index contributed by atoms with van der Waals surface area (Å²) in [6, 6.07) is 10.3. The normalized spacial score (nSPS) is 16.9. The topological polar surface area (TPSA) is 9.23 Å². The van der Waals surface area contributed by atoms with Gasteiger partial charge in [-0.25, -0.2) is 0 Å². The molecule has 69 valence electrons. The second kappa shape index (κ2) is 4.43. The van der Waals surface area contributed by atoms with Crippen LogP contribution in [0.2, 0.25) is 0 Å². The molecule has 1 aromatic carbocycles. The van der Waals surface area contributed by atoms with Gasteiger partial charge in [-0.3, -0.25) is 0 Å². The van der Waals surface area contributed by atoms with E-state index in [0.717, 1.165) is 19.1 Å². The molecule has 1 heteroatoms. The van der Waals surface area contributed by atoms with E-state index in [-0.39, 0.29) is 0 Å². The zero-order chi connectivity index (χ0) is 8.93. The zero-order valence-electron chi connectivity index (χ0n) is 7.78. The van der Waals surface area contributed by atoms with Crippen molar-refractivity contribution in [3.05, 3.63) is 42.3 Å². The van der Waals surface area contributed by atoms with Gasteiger partial charge in [0, 0.05) is 0 Å². The van der Waals surface area contributed by atoms with Gasteiger partial charge in [-0.2, -0.15) is 0 Å². The van der Waals surface area contributed by atoms with Crippen LogP contribution in [0.5, 0.6) is 0 Å². The molecule has 0 spiro atoms. The van der Waals surface area contributed by atoms with E-state index < -0.39 is 0 Å². The Bertz CT molecular complexity index is 239. The maximum Gasteiger partial charge on any atom is 0.0717 e. The molecule has 1 fully saturated rings. The molecule has 0 amide bonds. The summed E-state index contributed by atoms with van der Waals surface area (Å²) in [7, 11) is 0. The largest absolute Gasteiger partial charge is 0.376 e. The molecule has 2 rings (SSSR count). The van der Waals surface area contributed by atoms with Crippen LogP contribution in [0.3, 0.4) is 0 Å². The first-order valence-electron chi connectivity index (χ1n) is 4.90. The van der Waals surface area contributed by atoms with Crippen molar-refractivity contribution in [2.45, 2.75) is 19.4 Å². The summed E-state index contributed by atoms with van der Waals surface area (Å²) in [6.07, 6.45) is 4.93. The van der Waals surface area contributed by atoms with E-state index in [1.807, 2.05) is 18.2 Å². The van der Waals surface area contributed by atoms with Gasteiger partial charge in [0.1, 0.15) is 0 Å². The molecular weight excluding hydrogens is 160 g/mol. The molecule has 1 radical (unpaired) electrons. The van der Waals surface area contributed by atoms with E-state index in [9.17, 15) is 0 Å². The summed E-state index contributed by atoms with van der Waals surface area (Å²) in [6.45, 7) is 1.65. The van der Waals surface area contributed by atoms with Gasteiger partial charge in [0.05, 0.1) is 13.2 Å². The minimum absolute atomic E-state index is 0.726. The van der Waals surface area contributed by atoms with Crippen LogP contribution in [0.1, 0.15) is 18.4 Å². The molecule has 1 aliphatic carbocycles. The Kier molecular flexibility index (Phi) is 2.98. The van der Waals surface area contributed by atoms with Crippen molar-refractivity contribution in [3.8, 4) is 0 Å². The van der Waals surface area contributed by atoms with E-state index in [4.69, 9.17) is 4.74 Å². The van der Waals surface area contributed by atoms with Crippen molar-refractivity contribution < 1.29 is 4.74 Å². The van der Waals surface area contributed by atoms with E-state index in [1.54, 1.807) is 0 Å². The highest BCUT2D eigenvalue weighted by Crippen LogP contribution is 2.25. The minimum atomic E-state index is 0.726. The molecule has 1 unspecified atom stereocenters. The van der Waals surface area contributed by atoms with Gasteiger partial charge in [-0.15, -0.1) is 0 Å². The van der Waals surface area contributed by atoms with Crippen LogP contribution in [-0.2, 0) is 11.3 Å². The number of hydrogen-bond donors (Lipinski definition) is 0. The maximum absolute atomic E-state index is 5.59. The van der Waals surface area contributed by atoms with Crippen LogP contribution in [0.4, 0.5) is 0 Å². The lowest BCUT2D eigenvalue weighted by Crippen LogP contribution is -2.18. The summed E-state index contributed by atoms with van der Waals surface area (Å²) < 4.78 is 5.59. The molecule has 0 heterocycles. The molecule has 13 heavy (non-hydrogen) atoms. The lowest BCUT2D eigenvalue weighted by molar-refractivity contribution is 0.0803. The fourth-order valence-electron chi connectivity index (χ4n) is 1.46. The summed E-state index contributed by atoms with van der Waals surface area (Å²) in [5.74, 6) is 0.726. The van der Waals surface area contributed by atoms with Crippen LogP contribution in [0.15, 0.2) is 30.3 Å². The number of benzene rings is 1. The summed E-state index contributed by atoms with van der Waals surface area (Å²) in [5.41, 5.74) is 1.27. The Hall–Kier alpha value is -0.820. The lowest BCUT2D eigenvalue weighted by atomic mass is 9.86. The third-order valence-electron chi connectivity index (χ3n) is 2.48. The van der Waals surface area contributed by atoms with Crippen molar-refractivity contribution in [1.82, 2.24) is 0 Å². The average molecular weight is 175 g/mol. The third kappa shape index (κ3) is 2.56. The smallest absolute Gasteiger partial charge is 0.0717 e. The monoisotopic (exact) mass is 175 g/mol.